The van der Waals surface area contributed by atoms with Crippen LogP contribution in [0.1, 0.15) is 36.8 Å². The quantitative estimate of drug-likeness (QED) is 0.792. The zero-order valence-corrected chi connectivity index (χ0v) is 10.3. The molecule has 2 aliphatic rings. The van der Waals surface area contributed by atoms with Crippen molar-refractivity contribution in [3.05, 3.63) is 35.4 Å². The maximum absolute atomic E-state index is 9.01. The number of hydrogen-bond acceptors (Lipinski definition) is 2. The Morgan fingerprint density at radius 1 is 1.35 bits per heavy atom. The van der Waals surface area contributed by atoms with E-state index >= 15 is 0 Å². The Bertz CT molecular complexity index is 462. The summed E-state index contributed by atoms with van der Waals surface area (Å²) in [5.41, 5.74) is 2.90. The van der Waals surface area contributed by atoms with Gasteiger partial charge in [0.1, 0.15) is 0 Å². The molecule has 0 bridgehead atoms. The van der Waals surface area contributed by atoms with Gasteiger partial charge in [0.15, 0.2) is 0 Å². The average Bonchev–Trinajstić information content (AvgIpc) is 3.11. The van der Waals surface area contributed by atoms with Crippen LogP contribution < -0.4 is 0 Å². The van der Waals surface area contributed by atoms with Gasteiger partial charge in [-0.1, -0.05) is 24.3 Å². The fraction of sp³-hybridized carbons (Fsp3) is 0.533. The van der Waals surface area contributed by atoms with Crippen LogP contribution in [0.25, 0.3) is 0 Å². The molecule has 1 aliphatic heterocycles. The Hall–Kier alpha value is -1.33. The van der Waals surface area contributed by atoms with Crippen LogP contribution in [0, 0.1) is 16.7 Å². The molecule has 1 saturated heterocycles. The fourth-order valence-electron chi connectivity index (χ4n) is 2.83. The Morgan fingerprint density at radius 2 is 2.06 bits per heavy atom. The highest BCUT2D eigenvalue weighted by Gasteiger charge is 2.39. The largest absolute Gasteiger partial charge is 0.296 e. The third kappa shape index (κ3) is 2.08. The van der Waals surface area contributed by atoms with Crippen LogP contribution in [0.3, 0.4) is 0 Å². The Kier molecular flexibility index (Phi) is 2.45. The number of likely N-dealkylation sites (tertiary alicyclic amines) is 1. The van der Waals surface area contributed by atoms with Gasteiger partial charge in [-0.05, 0) is 36.8 Å². The molecule has 1 aliphatic carbocycles. The summed E-state index contributed by atoms with van der Waals surface area (Å²) in [5.74, 6) is 0.815. The molecule has 1 heterocycles. The van der Waals surface area contributed by atoms with E-state index in [0.717, 1.165) is 25.6 Å². The topological polar surface area (TPSA) is 27.0 Å². The standard InChI is InChI=1S/C15H18N2/c1-15(9-16)10-17(11-15)8-13-4-2-3-5-14(13)12-6-7-12/h2-5,12H,6-8,10-11H2,1H3. The van der Waals surface area contributed by atoms with E-state index in [2.05, 4.69) is 42.2 Å². The highest BCUT2D eigenvalue weighted by atomic mass is 15.2. The van der Waals surface area contributed by atoms with E-state index in [0.29, 0.717) is 0 Å². The van der Waals surface area contributed by atoms with Crippen molar-refractivity contribution >= 4 is 0 Å². The Morgan fingerprint density at radius 3 is 2.71 bits per heavy atom. The SMILES string of the molecule is CC1(C#N)CN(Cc2ccccc2C2CC2)C1. The number of benzene rings is 1. The van der Waals surface area contributed by atoms with Gasteiger partial charge in [-0.2, -0.15) is 5.26 Å². The van der Waals surface area contributed by atoms with E-state index in [4.69, 9.17) is 5.26 Å². The molecule has 0 amide bonds. The molecule has 17 heavy (non-hydrogen) atoms. The lowest BCUT2D eigenvalue weighted by Gasteiger charge is -2.43. The van der Waals surface area contributed by atoms with E-state index in [9.17, 15) is 0 Å². The van der Waals surface area contributed by atoms with Gasteiger partial charge >= 0.3 is 0 Å². The molecule has 88 valence electrons. The number of nitrogens with zero attached hydrogens (tertiary/aromatic N) is 2. The lowest BCUT2D eigenvalue weighted by molar-refractivity contribution is 0.0527. The number of nitriles is 1. The van der Waals surface area contributed by atoms with E-state index in [1.807, 2.05) is 0 Å². The summed E-state index contributed by atoms with van der Waals surface area (Å²) in [6.07, 6.45) is 2.71. The molecule has 2 nitrogen and oxygen atoms in total. The van der Waals surface area contributed by atoms with E-state index < -0.39 is 0 Å². The van der Waals surface area contributed by atoms with Crippen LogP contribution in [-0.4, -0.2) is 18.0 Å². The Balaban J connectivity index is 1.68. The van der Waals surface area contributed by atoms with Crippen LogP contribution >= 0.6 is 0 Å². The first-order valence-electron chi connectivity index (χ1n) is 6.42. The lowest BCUT2D eigenvalue weighted by atomic mass is 9.83. The highest BCUT2D eigenvalue weighted by molar-refractivity contribution is 5.33. The first kappa shape index (κ1) is 10.8. The van der Waals surface area contributed by atoms with Crippen LogP contribution in [0.5, 0.6) is 0 Å². The maximum Gasteiger partial charge on any atom is 0.0799 e. The van der Waals surface area contributed by atoms with Crippen molar-refractivity contribution in [1.82, 2.24) is 4.90 Å². The lowest BCUT2D eigenvalue weighted by Crippen LogP contribution is -2.53. The summed E-state index contributed by atoms with van der Waals surface area (Å²) in [6.45, 7) is 4.91. The minimum Gasteiger partial charge on any atom is -0.296 e. The van der Waals surface area contributed by atoms with Gasteiger partial charge < -0.3 is 0 Å². The van der Waals surface area contributed by atoms with Gasteiger partial charge in [0.2, 0.25) is 0 Å². The van der Waals surface area contributed by atoms with Gasteiger partial charge in [0.25, 0.3) is 0 Å². The minimum absolute atomic E-state index is 0.103. The second kappa shape index (κ2) is 3.85. The average molecular weight is 226 g/mol. The van der Waals surface area contributed by atoms with Crippen LogP contribution in [-0.2, 0) is 6.54 Å². The molecule has 1 saturated carbocycles. The van der Waals surface area contributed by atoms with Crippen LogP contribution in [0.2, 0.25) is 0 Å². The van der Waals surface area contributed by atoms with Crippen LogP contribution in [0.15, 0.2) is 24.3 Å². The molecule has 0 atom stereocenters. The van der Waals surface area contributed by atoms with Crippen molar-refractivity contribution in [3.63, 3.8) is 0 Å². The van der Waals surface area contributed by atoms with Gasteiger partial charge in [0.05, 0.1) is 11.5 Å². The molecule has 1 aromatic rings. The first-order chi connectivity index (χ1) is 8.20. The monoisotopic (exact) mass is 226 g/mol. The second-order valence-electron chi connectivity index (χ2n) is 5.79. The molecule has 0 spiro atoms. The molecule has 2 heteroatoms. The maximum atomic E-state index is 9.01. The van der Waals surface area contributed by atoms with Crippen molar-refractivity contribution in [3.8, 4) is 6.07 Å². The highest BCUT2D eigenvalue weighted by Crippen LogP contribution is 2.42. The number of rotatable bonds is 3. The molecule has 0 unspecified atom stereocenters. The molecule has 3 rings (SSSR count). The molecule has 1 aromatic carbocycles. The Labute approximate surface area is 103 Å². The summed E-state index contributed by atoms with van der Waals surface area (Å²) in [6, 6.07) is 11.2. The van der Waals surface area contributed by atoms with Crippen molar-refractivity contribution in [2.75, 3.05) is 13.1 Å². The summed E-state index contributed by atoms with van der Waals surface area (Å²) in [4.78, 5) is 2.38. The van der Waals surface area contributed by atoms with Crippen LogP contribution in [0.4, 0.5) is 0 Å². The predicted octanol–water partition coefficient (Wildman–Crippen LogP) is 2.91. The first-order valence-corrected chi connectivity index (χ1v) is 6.42. The molecule has 0 N–H and O–H groups in total. The summed E-state index contributed by atoms with van der Waals surface area (Å²) in [5, 5.41) is 9.01. The zero-order chi connectivity index (χ0) is 11.9. The second-order valence-corrected chi connectivity index (χ2v) is 5.79. The molecule has 2 fully saturated rings. The predicted molar refractivity (Wildman–Crippen MR) is 67.4 cm³/mol. The third-order valence-electron chi connectivity index (χ3n) is 3.88. The molecular formula is C15H18N2. The molecular weight excluding hydrogens is 208 g/mol. The van der Waals surface area contributed by atoms with Gasteiger partial charge in [-0.25, -0.2) is 0 Å². The molecule has 0 aromatic heterocycles. The normalized spacial score (nSPS) is 22.8. The van der Waals surface area contributed by atoms with Crippen molar-refractivity contribution < 1.29 is 0 Å². The smallest absolute Gasteiger partial charge is 0.0799 e. The van der Waals surface area contributed by atoms with Gasteiger partial charge in [-0.15, -0.1) is 0 Å². The molecule has 0 radical (unpaired) electrons. The zero-order valence-electron chi connectivity index (χ0n) is 10.3. The fourth-order valence-corrected chi connectivity index (χ4v) is 2.83. The van der Waals surface area contributed by atoms with Crippen molar-refractivity contribution in [2.45, 2.75) is 32.2 Å². The van der Waals surface area contributed by atoms with E-state index in [1.165, 1.54) is 24.0 Å². The van der Waals surface area contributed by atoms with Crippen molar-refractivity contribution in [2.24, 2.45) is 5.41 Å². The summed E-state index contributed by atoms with van der Waals surface area (Å²) in [7, 11) is 0. The minimum atomic E-state index is -0.103. The number of hydrogen-bond donors (Lipinski definition) is 0. The van der Waals surface area contributed by atoms with E-state index in [-0.39, 0.29) is 5.41 Å². The summed E-state index contributed by atoms with van der Waals surface area (Å²) >= 11 is 0. The van der Waals surface area contributed by atoms with Crippen molar-refractivity contribution in [1.29, 1.82) is 5.26 Å². The van der Waals surface area contributed by atoms with Gasteiger partial charge in [-0.3, -0.25) is 4.90 Å². The van der Waals surface area contributed by atoms with E-state index in [1.54, 1.807) is 0 Å². The summed E-state index contributed by atoms with van der Waals surface area (Å²) < 4.78 is 0. The third-order valence-corrected chi connectivity index (χ3v) is 3.88. The van der Waals surface area contributed by atoms with Gasteiger partial charge in [0, 0.05) is 19.6 Å².